The first-order valence-electron chi connectivity index (χ1n) is 5.49. The second kappa shape index (κ2) is 5.80. The number of nitrogens with zero attached hydrogens (tertiary/aromatic N) is 2. The first-order chi connectivity index (χ1) is 7.54. The number of piperidine rings is 1. The predicted molar refractivity (Wildman–Crippen MR) is 56.3 cm³/mol. The molecule has 0 spiro atoms. The van der Waals surface area contributed by atoms with Crippen LogP contribution in [0.5, 0.6) is 0 Å². The molecule has 0 saturated carbocycles. The quantitative estimate of drug-likeness (QED) is 0.730. The molecule has 1 amide bonds. The smallest absolute Gasteiger partial charge is 0.236 e. The van der Waals surface area contributed by atoms with Gasteiger partial charge in [-0.1, -0.05) is 0 Å². The Morgan fingerprint density at radius 2 is 2.38 bits per heavy atom. The Bertz CT molecular complexity index is 288. The van der Waals surface area contributed by atoms with Crippen molar-refractivity contribution in [2.24, 2.45) is 0 Å². The summed E-state index contributed by atoms with van der Waals surface area (Å²) < 4.78 is 19.1. The van der Waals surface area contributed by atoms with Gasteiger partial charge >= 0.3 is 0 Å². The maximum Gasteiger partial charge on any atom is 0.236 e. The Morgan fingerprint density at radius 1 is 1.69 bits per heavy atom. The highest BCUT2D eigenvalue weighted by Crippen LogP contribution is 2.19. The lowest BCUT2D eigenvalue weighted by atomic mass is 10.1. The van der Waals surface area contributed by atoms with Gasteiger partial charge in [0, 0.05) is 6.54 Å². The third-order valence-electron chi connectivity index (χ3n) is 2.51. The van der Waals surface area contributed by atoms with Crippen LogP contribution in [0.3, 0.4) is 0 Å². The van der Waals surface area contributed by atoms with E-state index in [2.05, 4.69) is 0 Å². The molecular weight excluding hydrogens is 211 g/mol. The van der Waals surface area contributed by atoms with Crippen molar-refractivity contribution in [3.63, 3.8) is 0 Å². The molecular formula is C11H17FN2O2. The number of hydrogen-bond acceptors (Lipinski definition) is 3. The van der Waals surface area contributed by atoms with Gasteiger partial charge in [0.15, 0.2) is 0 Å². The number of nitriles is 1. The van der Waals surface area contributed by atoms with Crippen LogP contribution in [0.1, 0.15) is 26.7 Å². The van der Waals surface area contributed by atoms with Gasteiger partial charge in [-0.05, 0) is 20.3 Å². The zero-order valence-electron chi connectivity index (χ0n) is 9.65. The van der Waals surface area contributed by atoms with E-state index in [1.807, 2.05) is 13.8 Å². The van der Waals surface area contributed by atoms with E-state index in [0.717, 1.165) is 0 Å². The van der Waals surface area contributed by atoms with E-state index in [-0.39, 0.29) is 25.0 Å². The van der Waals surface area contributed by atoms with Crippen molar-refractivity contribution >= 4 is 5.91 Å². The molecule has 0 aromatic carbocycles. The van der Waals surface area contributed by atoms with Crippen molar-refractivity contribution in [3.8, 4) is 6.07 Å². The van der Waals surface area contributed by atoms with Crippen molar-refractivity contribution in [2.75, 3.05) is 13.1 Å². The number of amides is 1. The maximum absolute atomic E-state index is 13.7. The van der Waals surface area contributed by atoms with Gasteiger partial charge < -0.3 is 9.64 Å². The third kappa shape index (κ3) is 3.46. The highest BCUT2D eigenvalue weighted by molar-refractivity contribution is 5.78. The summed E-state index contributed by atoms with van der Waals surface area (Å²) in [4.78, 5) is 12.8. The Kier molecular flexibility index (Phi) is 4.69. The normalized spacial score (nSPS) is 25.6. The van der Waals surface area contributed by atoms with E-state index in [9.17, 15) is 9.18 Å². The number of carbonyl (C=O) groups is 1. The molecule has 90 valence electrons. The van der Waals surface area contributed by atoms with Crippen molar-refractivity contribution in [3.05, 3.63) is 0 Å². The molecule has 1 saturated heterocycles. The van der Waals surface area contributed by atoms with Crippen LogP contribution in [0.25, 0.3) is 0 Å². The summed E-state index contributed by atoms with van der Waals surface area (Å²) in [7, 11) is 0. The largest absolute Gasteiger partial charge is 0.372 e. The molecule has 1 fully saturated rings. The number of halogens is 1. The van der Waals surface area contributed by atoms with Crippen LogP contribution in [0.4, 0.5) is 4.39 Å². The molecule has 1 aliphatic rings. The Morgan fingerprint density at radius 3 is 2.88 bits per heavy atom. The summed E-state index contributed by atoms with van der Waals surface area (Å²) >= 11 is 0. The van der Waals surface area contributed by atoms with Gasteiger partial charge in [0.05, 0.1) is 24.8 Å². The topological polar surface area (TPSA) is 53.3 Å². The lowest BCUT2D eigenvalue weighted by Crippen LogP contribution is -2.48. The summed E-state index contributed by atoms with van der Waals surface area (Å²) in [6.07, 6.45) is -1.27. The van der Waals surface area contributed by atoms with Gasteiger partial charge in [0.25, 0.3) is 0 Å². The van der Waals surface area contributed by atoms with Crippen LogP contribution in [0.2, 0.25) is 0 Å². The number of carbonyl (C=O) groups excluding carboxylic acids is 1. The molecule has 4 nitrogen and oxygen atoms in total. The molecule has 1 aliphatic heterocycles. The summed E-state index contributed by atoms with van der Waals surface area (Å²) in [6.45, 7) is 4.23. The minimum Gasteiger partial charge on any atom is -0.372 e. The average Bonchev–Trinajstić information content (AvgIpc) is 2.20. The molecule has 0 radical (unpaired) electrons. The standard InChI is InChI=1S/C11H17FN2O2/c1-8(2)16-10-4-6-14(7-9(10)12)11(15)3-5-13/h8-10H,3-4,6-7H2,1-2H3/t9-,10+/m1/s1. The van der Waals surface area contributed by atoms with Crippen LogP contribution in [-0.2, 0) is 9.53 Å². The van der Waals surface area contributed by atoms with Crippen molar-refractivity contribution in [1.29, 1.82) is 5.26 Å². The van der Waals surface area contributed by atoms with E-state index in [1.54, 1.807) is 6.07 Å². The number of hydrogen-bond donors (Lipinski definition) is 0. The van der Waals surface area contributed by atoms with Crippen LogP contribution >= 0.6 is 0 Å². The monoisotopic (exact) mass is 228 g/mol. The number of rotatable bonds is 3. The fraction of sp³-hybridized carbons (Fsp3) is 0.818. The molecule has 0 aromatic heterocycles. The predicted octanol–water partition coefficient (Wildman–Crippen LogP) is 1.26. The van der Waals surface area contributed by atoms with E-state index in [1.165, 1.54) is 4.90 Å². The molecule has 2 atom stereocenters. The van der Waals surface area contributed by atoms with Gasteiger partial charge in [-0.3, -0.25) is 4.79 Å². The van der Waals surface area contributed by atoms with Crippen molar-refractivity contribution < 1.29 is 13.9 Å². The van der Waals surface area contributed by atoms with E-state index in [0.29, 0.717) is 13.0 Å². The van der Waals surface area contributed by atoms with E-state index in [4.69, 9.17) is 10.00 Å². The van der Waals surface area contributed by atoms with Crippen molar-refractivity contribution in [2.45, 2.75) is 45.1 Å². The summed E-state index contributed by atoms with van der Waals surface area (Å²) in [5, 5.41) is 8.39. The molecule has 0 N–H and O–H groups in total. The fourth-order valence-corrected chi connectivity index (χ4v) is 1.79. The summed E-state index contributed by atoms with van der Waals surface area (Å²) in [5.74, 6) is -0.298. The average molecular weight is 228 g/mol. The fourth-order valence-electron chi connectivity index (χ4n) is 1.79. The van der Waals surface area contributed by atoms with E-state index < -0.39 is 12.3 Å². The van der Waals surface area contributed by atoms with Gasteiger partial charge in [-0.15, -0.1) is 0 Å². The second-order valence-corrected chi connectivity index (χ2v) is 4.20. The Balaban J connectivity index is 2.45. The summed E-state index contributed by atoms with van der Waals surface area (Å²) in [5.41, 5.74) is 0. The van der Waals surface area contributed by atoms with Gasteiger partial charge in [0.2, 0.25) is 5.91 Å². The third-order valence-corrected chi connectivity index (χ3v) is 2.51. The first kappa shape index (κ1) is 12.9. The maximum atomic E-state index is 13.7. The highest BCUT2D eigenvalue weighted by atomic mass is 19.1. The van der Waals surface area contributed by atoms with Gasteiger partial charge in [-0.25, -0.2) is 4.39 Å². The van der Waals surface area contributed by atoms with Crippen LogP contribution in [-0.4, -0.2) is 42.3 Å². The van der Waals surface area contributed by atoms with Gasteiger partial charge in [-0.2, -0.15) is 5.26 Å². The lowest BCUT2D eigenvalue weighted by molar-refractivity contribution is -0.137. The molecule has 0 unspecified atom stereocenters. The number of alkyl halides is 1. The van der Waals surface area contributed by atoms with E-state index >= 15 is 0 Å². The van der Waals surface area contributed by atoms with Crippen LogP contribution < -0.4 is 0 Å². The molecule has 16 heavy (non-hydrogen) atoms. The number of ether oxygens (including phenoxy) is 1. The number of likely N-dealkylation sites (tertiary alicyclic amines) is 1. The van der Waals surface area contributed by atoms with Crippen molar-refractivity contribution in [1.82, 2.24) is 4.90 Å². The SMILES string of the molecule is CC(C)O[C@H]1CCN(C(=O)CC#N)C[C@H]1F. The Hall–Kier alpha value is -1.15. The molecule has 1 rings (SSSR count). The Labute approximate surface area is 95.0 Å². The minimum atomic E-state index is -1.15. The summed E-state index contributed by atoms with van der Waals surface area (Å²) in [6, 6.07) is 1.78. The van der Waals surface area contributed by atoms with Crippen LogP contribution in [0.15, 0.2) is 0 Å². The van der Waals surface area contributed by atoms with Gasteiger partial charge in [0.1, 0.15) is 12.6 Å². The molecule has 0 aliphatic carbocycles. The second-order valence-electron chi connectivity index (χ2n) is 4.20. The minimum absolute atomic E-state index is 0.00962. The molecule has 0 bridgehead atoms. The highest BCUT2D eigenvalue weighted by Gasteiger charge is 2.32. The zero-order valence-corrected chi connectivity index (χ0v) is 9.65. The lowest BCUT2D eigenvalue weighted by Gasteiger charge is -2.35. The molecule has 5 heteroatoms. The first-order valence-corrected chi connectivity index (χ1v) is 5.49. The molecule has 1 heterocycles. The zero-order chi connectivity index (χ0) is 12.1. The molecule has 0 aromatic rings. The van der Waals surface area contributed by atoms with Crippen LogP contribution in [0, 0.1) is 11.3 Å².